The van der Waals surface area contributed by atoms with E-state index in [2.05, 4.69) is 22.0 Å². The van der Waals surface area contributed by atoms with Crippen molar-refractivity contribution in [2.75, 3.05) is 5.32 Å². The van der Waals surface area contributed by atoms with Gasteiger partial charge in [-0.3, -0.25) is 4.79 Å². The molecule has 3 heterocycles. The second-order valence-corrected chi connectivity index (χ2v) is 6.46. The molecular formula is C16H13F3N4OS. The molecule has 0 fully saturated rings. The predicted octanol–water partition coefficient (Wildman–Crippen LogP) is 3.99. The molecule has 25 heavy (non-hydrogen) atoms. The van der Waals surface area contributed by atoms with E-state index in [-0.39, 0.29) is 12.5 Å². The lowest BCUT2D eigenvalue weighted by Crippen LogP contribution is -2.07. The van der Waals surface area contributed by atoms with Crippen LogP contribution in [0.15, 0.2) is 37.1 Å². The zero-order valence-electron chi connectivity index (χ0n) is 13.1. The Hall–Kier alpha value is -2.68. The van der Waals surface area contributed by atoms with Crippen LogP contribution in [-0.4, -0.2) is 20.7 Å². The molecule has 0 radical (unpaired) electrons. The summed E-state index contributed by atoms with van der Waals surface area (Å²) in [6.07, 6.45) is -1.73. The number of thiophene rings is 1. The highest BCUT2D eigenvalue weighted by molar-refractivity contribution is 7.12. The summed E-state index contributed by atoms with van der Waals surface area (Å²) >= 11 is 0.685. The zero-order valence-corrected chi connectivity index (χ0v) is 13.9. The summed E-state index contributed by atoms with van der Waals surface area (Å²) in [5.74, 6) is -0.357. The Morgan fingerprint density at radius 3 is 2.84 bits per heavy atom. The minimum Gasteiger partial charge on any atom is -0.321 e. The van der Waals surface area contributed by atoms with E-state index in [9.17, 15) is 18.0 Å². The van der Waals surface area contributed by atoms with Gasteiger partial charge < -0.3 is 5.32 Å². The second-order valence-electron chi connectivity index (χ2n) is 5.30. The molecule has 0 saturated heterocycles. The van der Waals surface area contributed by atoms with Crippen LogP contribution in [0.5, 0.6) is 0 Å². The van der Waals surface area contributed by atoms with Gasteiger partial charge in [0.05, 0.1) is 24.1 Å². The van der Waals surface area contributed by atoms with E-state index in [1.165, 1.54) is 12.3 Å². The number of rotatable bonds is 4. The molecule has 0 atom stereocenters. The maximum absolute atomic E-state index is 12.7. The van der Waals surface area contributed by atoms with Crippen LogP contribution < -0.4 is 5.32 Å². The van der Waals surface area contributed by atoms with Gasteiger partial charge in [0.15, 0.2) is 5.65 Å². The van der Waals surface area contributed by atoms with Gasteiger partial charge in [-0.25, -0.2) is 9.67 Å². The van der Waals surface area contributed by atoms with Crippen molar-refractivity contribution in [3.8, 4) is 0 Å². The number of carbonyl (C=O) groups is 1. The molecule has 9 heteroatoms. The van der Waals surface area contributed by atoms with E-state index >= 15 is 0 Å². The van der Waals surface area contributed by atoms with Crippen molar-refractivity contribution in [3.63, 3.8) is 0 Å². The molecule has 0 aliphatic carbocycles. The highest BCUT2D eigenvalue weighted by atomic mass is 32.1. The van der Waals surface area contributed by atoms with Gasteiger partial charge in [-0.15, -0.1) is 11.3 Å². The van der Waals surface area contributed by atoms with Crippen LogP contribution in [0.2, 0.25) is 0 Å². The molecule has 3 aromatic heterocycles. The van der Waals surface area contributed by atoms with E-state index in [1.807, 2.05) is 0 Å². The minimum absolute atomic E-state index is 0.191. The number of aryl methyl sites for hydroxylation is 1. The van der Waals surface area contributed by atoms with Crippen LogP contribution in [0.4, 0.5) is 18.9 Å². The van der Waals surface area contributed by atoms with Crippen molar-refractivity contribution in [1.82, 2.24) is 14.8 Å². The number of alkyl halides is 3. The molecule has 0 bridgehead atoms. The minimum atomic E-state index is -4.35. The summed E-state index contributed by atoms with van der Waals surface area (Å²) in [4.78, 5) is 15.5. The summed E-state index contributed by atoms with van der Waals surface area (Å²) < 4.78 is 39.7. The van der Waals surface area contributed by atoms with Gasteiger partial charge in [0.1, 0.15) is 4.88 Å². The summed E-state index contributed by atoms with van der Waals surface area (Å²) in [6.45, 7) is 5.34. The maximum atomic E-state index is 12.7. The first-order valence-electron chi connectivity index (χ1n) is 7.20. The number of hydrogen-bond acceptors (Lipinski definition) is 4. The fraction of sp³-hybridized carbons (Fsp3) is 0.188. The Morgan fingerprint density at radius 2 is 2.20 bits per heavy atom. The summed E-state index contributed by atoms with van der Waals surface area (Å²) in [5, 5.41) is 7.67. The number of hydrogen-bond donors (Lipinski definition) is 1. The highest BCUT2D eigenvalue weighted by Gasteiger charge is 2.32. The second kappa shape index (κ2) is 6.32. The molecule has 0 unspecified atom stereocenters. The molecule has 130 valence electrons. The van der Waals surface area contributed by atoms with Crippen molar-refractivity contribution in [1.29, 1.82) is 0 Å². The van der Waals surface area contributed by atoms with Gasteiger partial charge in [-0.1, -0.05) is 6.58 Å². The van der Waals surface area contributed by atoms with Crippen LogP contribution in [0.1, 0.15) is 15.4 Å². The van der Waals surface area contributed by atoms with Crippen molar-refractivity contribution in [3.05, 3.63) is 52.5 Å². The van der Waals surface area contributed by atoms with E-state index in [0.29, 0.717) is 33.2 Å². The molecule has 0 saturated carbocycles. The third-order valence-electron chi connectivity index (χ3n) is 3.47. The summed E-state index contributed by atoms with van der Waals surface area (Å²) in [6, 6.07) is 4.22. The first kappa shape index (κ1) is 17.2. The Morgan fingerprint density at radius 1 is 1.44 bits per heavy atom. The highest BCUT2D eigenvalue weighted by Crippen LogP contribution is 2.35. The molecule has 1 N–H and O–H groups in total. The lowest BCUT2D eigenvalue weighted by atomic mass is 10.2. The van der Waals surface area contributed by atoms with Crippen LogP contribution >= 0.6 is 11.3 Å². The zero-order chi connectivity index (χ0) is 18.2. The van der Waals surface area contributed by atoms with Gasteiger partial charge >= 0.3 is 6.18 Å². The number of nitrogens with zero attached hydrogens (tertiary/aromatic N) is 3. The maximum Gasteiger partial charge on any atom is 0.425 e. The number of pyridine rings is 1. The number of amides is 1. The van der Waals surface area contributed by atoms with E-state index in [4.69, 9.17) is 0 Å². The molecule has 5 nitrogen and oxygen atoms in total. The normalized spacial score (nSPS) is 11.7. The topological polar surface area (TPSA) is 59.8 Å². The van der Waals surface area contributed by atoms with Crippen LogP contribution in [0.25, 0.3) is 11.0 Å². The fourth-order valence-corrected chi connectivity index (χ4v) is 3.20. The lowest BCUT2D eigenvalue weighted by Gasteiger charge is -2.04. The van der Waals surface area contributed by atoms with Gasteiger partial charge in [0.2, 0.25) is 5.91 Å². The Kier molecular flexibility index (Phi) is 4.34. The van der Waals surface area contributed by atoms with Crippen LogP contribution in [0.3, 0.4) is 0 Å². The predicted molar refractivity (Wildman–Crippen MR) is 89.5 cm³/mol. The SMILES string of the molecule is C=CC(=O)Nc1cnc2c(c1)c(C)nn2Cc1ccc(C(F)(F)F)s1. The van der Waals surface area contributed by atoms with Gasteiger partial charge in [0, 0.05) is 10.3 Å². The van der Waals surface area contributed by atoms with Gasteiger partial charge in [-0.2, -0.15) is 18.3 Å². The average Bonchev–Trinajstić information content (AvgIpc) is 3.13. The Bertz CT molecular complexity index is 958. The van der Waals surface area contributed by atoms with Gasteiger partial charge in [-0.05, 0) is 31.2 Å². The number of fused-ring (bicyclic) bond motifs is 1. The molecule has 0 spiro atoms. The van der Waals surface area contributed by atoms with E-state index in [0.717, 1.165) is 17.5 Å². The first-order chi connectivity index (χ1) is 11.8. The molecule has 0 aromatic carbocycles. The summed E-state index contributed by atoms with van der Waals surface area (Å²) in [5.41, 5.74) is 1.70. The Balaban J connectivity index is 1.91. The number of aromatic nitrogens is 3. The lowest BCUT2D eigenvalue weighted by molar-refractivity contribution is -0.134. The first-order valence-corrected chi connectivity index (χ1v) is 8.02. The molecule has 3 aromatic rings. The molecular weight excluding hydrogens is 353 g/mol. The van der Waals surface area contributed by atoms with Crippen molar-refractivity contribution in [2.45, 2.75) is 19.6 Å². The van der Waals surface area contributed by atoms with Crippen LogP contribution in [0, 0.1) is 6.92 Å². The molecule has 1 amide bonds. The van der Waals surface area contributed by atoms with Crippen molar-refractivity contribution < 1.29 is 18.0 Å². The average molecular weight is 366 g/mol. The third-order valence-corrected chi connectivity index (χ3v) is 4.59. The van der Waals surface area contributed by atoms with Crippen LogP contribution in [-0.2, 0) is 17.5 Å². The fourth-order valence-electron chi connectivity index (χ4n) is 2.35. The van der Waals surface area contributed by atoms with Gasteiger partial charge in [0.25, 0.3) is 0 Å². The number of carbonyl (C=O) groups excluding carboxylic acids is 1. The number of anilines is 1. The van der Waals surface area contributed by atoms with Crippen molar-refractivity contribution >= 4 is 34.0 Å². The summed E-state index contributed by atoms with van der Waals surface area (Å²) in [7, 11) is 0. The quantitative estimate of drug-likeness (QED) is 0.710. The molecule has 3 rings (SSSR count). The van der Waals surface area contributed by atoms with E-state index in [1.54, 1.807) is 17.7 Å². The molecule has 0 aliphatic heterocycles. The monoisotopic (exact) mass is 366 g/mol. The largest absolute Gasteiger partial charge is 0.425 e. The smallest absolute Gasteiger partial charge is 0.321 e. The third kappa shape index (κ3) is 3.55. The number of halogens is 3. The standard InChI is InChI=1S/C16H13F3N4OS/c1-3-14(24)21-10-6-12-9(2)22-23(15(12)20-7-10)8-11-4-5-13(25-11)16(17,18)19/h3-7H,1,8H2,2H3,(H,21,24). The Labute approximate surface area is 144 Å². The van der Waals surface area contributed by atoms with Crippen molar-refractivity contribution in [2.24, 2.45) is 0 Å². The molecule has 0 aliphatic rings. The van der Waals surface area contributed by atoms with E-state index < -0.39 is 11.1 Å². The number of nitrogens with one attached hydrogen (secondary N) is 1.